The molecule has 0 aromatic heterocycles. The second kappa shape index (κ2) is 52.3. The Kier molecular flexibility index (Phi) is 50.1. The zero-order valence-corrected chi connectivity index (χ0v) is 42.9. The summed E-state index contributed by atoms with van der Waals surface area (Å²) < 4.78 is 5.93. The smallest absolute Gasteiger partial charge is 0.306 e. The van der Waals surface area contributed by atoms with Gasteiger partial charge < -0.3 is 20.3 Å². The van der Waals surface area contributed by atoms with E-state index in [1.54, 1.807) is 0 Å². The van der Waals surface area contributed by atoms with Crippen LogP contribution in [0.15, 0.2) is 72.9 Å². The van der Waals surface area contributed by atoms with Crippen molar-refractivity contribution in [3.8, 4) is 0 Å². The number of hydrogen-bond acceptors (Lipinski definition) is 5. The van der Waals surface area contributed by atoms with Crippen molar-refractivity contribution in [2.24, 2.45) is 0 Å². The molecule has 3 N–H and O–H groups in total. The van der Waals surface area contributed by atoms with Gasteiger partial charge in [0.2, 0.25) is 5.91 Å². The fourth-order valence-electron chi connectivity index (χ4n) is 8.10. The van der Waals surface area contributed by atoms with E-state index in [9.17, 15) is 19.8 Å². The van der Waals surface area contributed by atoms with Crippen LogP contribution in [0.25, 0.3) is 0 Å². The third-order valence-corrected chi connectivity index (χ3v) is 12.3. The highest BCUT2D eigenvalue weighted by Gasteiger charge is 2.24. The van der Waals surface area contributed by atoms with Crippen molar-refractivity contribution < 1.29 is 24.5 Å². The molecule has 0 saturated carbocycles. The van der Waals surface area contributed by atoms with Gasteiger partial charge in [-0.15, -0.1) is 0 Å². The fourth-order valence-corrected chi connectivity index (χ4v) is 8.10. The van der Waals surface area contributed by atoms with E-state index in [1.807, 2.05) is 0 Å². The van der Waals surface area contributed by atoms with Gasteiger partial charge >= 0.3 is 5.97 Å². The molecule has 0 fully saturated rings. The first-order chi connectivity index (χ1) is 32.0. The predicted molar refractivity (Wildman–Crippen MR) is 282 cm³/mol. The highest BCUT2D eigenvalue weighted by Crippen LogP contribution is 2.18. The highest BCUT2D eigenvalue weighted by molar-refractivity contribution is 5.77. The van der Waals surface area contributed by atoms with Crippen molar-refractivity contribution in [3.05, 3.63) is 72.9 Å². The molecule has 0 aromatic rings. The number of ether oxygens (including phenoxy) is 1. The van der Waals surface area contributed by atoms with Gasteiger partial charge in [-0.2, -0.15) is 0 Å². The van der Waals surface area contributed by atoms with Crippen LogP contribution < -0.4 is 5.32 Å². The first-order valence-electron chi connectivity index (χ1n) is 27.7. The molecule has 0 radical (unpaired) electrons. The van der Waals surface area contributed by atoms with E-state index < -0.39 is 18.2 Å². The largest absolute Gasteiger partial charge is 0.462 e. The second-order valence-electron chi connectivity index (χ2n) is 18.6. The van der Waals surface area contributed by atoms with Crippen molar-refractivity contribution >= 4 is 11.9 Å². The van der Waals surface area contributed by atoms with Crippen LogP contribution in [0.1, 0.15) is 265 Å². The Hall–Kier alpha value is -2.70. The van der Waals surface area contributed by atoms with Crippen LogP contribution in [-0.2, 0) is 14.3 Å². The van der Waals surface area contributed by atoms with E-state index in [0.717, 1.165) is 103 Å². The summed E-state index contributed by atoms with van der Waals surface area (Å²) in [7, 11) is 0. The summed E-state index contributed by atoms with van der Waals surface area (Å²) in [5.74, 6) is -0.522. The van der Waals surface area contributed by atoms with E-state index in [4.69, 9.17) is 4.74 Å². The maximum absolute atomic E-state index is 13.2. The SMILES string of the molecule is CC/C=C/C/C=C/C/C=C/C/C=C/CCCCCC(=O)OC(CCCCCCC/C=C\C/C=C\CCCCC)CC(=O)NC(CO)C(O)CCCCCCCCCCCCCCCCC. The predicted octanol–water partition coefficient (Wildman–Crippen LogP) is 17.0. The average molecular weight is 908 g/mol. The van der Waals surface area contributed by atoms with E-state index in [-0.39, 0.29) is 24.9 Å². The summed E-state index contributed by atoms with van der Waals surface area (Å²) in [5.41, 5.74) is 0. The van der Waals surface area contributed by atoms with E-state index in [0.29, 0.717) is 19.3 Å². The molecule has 0 saturated heterocycles. The van der Waals surface area contributed by atoms with Gasteiger partial charge in [-0.25, -0.2) is 0 Å². The van der Waals surface area contributed by atoms with Crippen molar-refractivity contribution in [2.45, 2.75) is 283 Å². The third kappa shape index (κ3) is 47.6. The number of allylic oxidation sites excluding steroid dienone is 12. The average Bonchev–Trinajstić information content (AvgIpc) is 3.30. The minimum absolute atomic E-state index is 0.0532. The van der Waals surface area contributed by atoms with Crippen LogP contribution in [0.2, 0.25) is 0 Å². The number of rotatable bonds is 49. The maximum Gasteiger partial charge on any atom is 0.306 e. The van der Waals surface area contributed by atoms with Gasteiger partial charge in [-0.1, -0.05) is 229 Å². The molecule has 3 unspecified atom stereocenters. The number of aliphatic hydroxyl groups excluding tert-OH is 2. The van der Waals surface area contributed by atoms with Gasteiger partial charge in [-0.3, -0.25) is 9.59 Å². The summed E-state index contributed by atoms with van der Waals surface area (Å²) in [6, 6.07) is -0.716. The molecular weight excluding hydrogens is 803 g/mol. The van der Waals surface area contributed by atoms with Crippen molar-refractivity contribution in [2.75, 3.05) is 6.61 Å². The summed E-state index contributed by atoms with van der Waals surface area (Å²) >= 11 is 0. The topological polar surface area (TPSA) is 95.9 Å². The molecule has 0 aliphatic carbocycles. The number of unbranched alkanes of at least 4 members (excludes halogenated alkanes) is 25. The van der Waals surface area contributed by atoms with Gasteiger partial charge in [-0.05, 0) is 96.3 Å². The first-order valence-corrected chi connectivity index (χ1v) is 27.7. The van der Waals surface area contributed by atoms with Crippen molar-refractivity contribution in [3.63, 3.8) is 0 Å². The third-order valence-electron chi connectivity index (χ3n) is 12.3. The second-order valence-corrected chi connectivity index (χ2v) is 18.6. The van der Waals surface area contributed by atoms with Gasteiger partial charge in [0, 0.05) is 6.42 Å². The molecule has 6 nitrogen and oxygen atoms in total. The molecule has 65 heavy (non-hydrogen) atoms. The lowest BCUT2D eigenvalue weighted by molar-refractivity contribution is -0.151. The Morgan fingerprint density at radius 3 is 1.29 bits per heavy atom. The summed E-state index contributed by atoms with van der Waals surface area (Å²) in [6.07, 6.45) is 66.7. The Morgan fingerprint density at radius 2 is 0.831 bits per heavy atom. The van der Waals surface area contributed by atoms with Gasteiger partial charge in [0.15, 0.2) is 0 Å². The number of amides is 1. The molecule has 0 heterocycles. The molecule has 0 bridgehead atoms. The van der Waals surface area contributed by atoms with Crippen LogP contribution in [0, 0.1) is 0 Å². The zero-order chi connectivity index (χ0) is 47.4. The zero-order valence-electron chi connectivity index (χ0n) is 42.9. The molecular formula is C59H105NO5. The van der Waals surface area contributed by atoms with Crippen molar-refractivity contribution in [1.82, 2.24) is 5.32 Å². The molecule has 1 amide bonds. The summed E-state index contributed by atoms with van der Waals surface area (Å²) in [6.45, 7) is 6.35. The number of aliphatic hydroxyl groups is 2. The van der Waals surface area contributed by atoms with Crippen molar-refractivity contribution in [1.29, 1.82) is 0 Å². The van der Waals surface area contributed by atoms with Gasteiger partial charge in [0.1, 0.15) is 6.10 Å². The lowest BCUT2D eigenvalue weighted by Gasteiger charge is -2.24. The Labute approximate surface area is 402 Å². The molecule has 0 spiro atoms. The summed E-state index contributed by atoms with van der Waals surface area (Å²) in [4.78, 5) is 26.2. The minimum Gasteiger partial charge on any atom is -0.462 e. The Balaban J connectivity index is 4.64. The van der Waals surface area contributed by atoms with E-state index in [2.05, 4.69) is 99.0 Å². The van der Waals surface area contributed by atoms with E-state index in [1.165, 1.54) is 116 Å². The standard InChI is InChI=1S/C59H105NO5/c1-4-7-10-13-16-19-22-25-28-31-34-37-40-43-46-49-52-59(64)65-55(50-47-44-41-38-35-32-29-26-23-20-17-14-11-8-5-2)53-58(63)60-56(54-61)57(62)51-48-45-42-39-36-33-30-27-24-21-18-15-12-9-6-3/h7,10,16-17,19-20,25-26,28-29,34,37,55-57,61-62H,4-6,8-9,11-15,18,21-24,27,30-33,35-36,38-54H2,1-3H3,(H,60,63)/b10-7+,19-16+,20-17-,28-25+,29-26-,37-34+. The normalized spacial score (nSPS) is 13.7. The first kappa shape index (κ1) is 62.3. The molecule has 0 aliphatic rings. The van der Waals surface area contributed by atoms with Gasteiger partial charge in [0.25, 0.3) is 0 Å². The quantitative estimate of drug-likeness (QED) is 0.0321. The number of nitrogens with one attached hydrogen (secondary N) is 1. The van der Waals surface area contributed by atoms with E-state index >= 15 is 0 Å². The Bertz CT molecular complexity index is 1200. The molecule has 3 atom stereocenters. The molecule has 0 aliphatic heterocycles. The van der Waals surface area contributed by atoms with Crippen LogP contribution in [0.4, 0.5) is 0 Å². The monoisotopic (exact) mass is 908 g/mol. The number of esters is 1. The Morgan fingerprint density at radius 1 is 0.462 bits per heavy atom. The maximum atomic E-state index is 13.2. The molecule has 376 valence electrons. The number of carbonyl (C=O) groups is 2. The van der Waals surface area contributed by atoms with Crippen LogP contribution in [0.5, 0.6) is 0 Å². The molecule has 0 rings (SSSR count). The van der Waals surface area contributed by atoms with Crippen LogP contribution in [-0.4, -0.2) is 46.9 Å². The number of carbonyl (C=O) groups excluding carboxylic acids is 2. The highest BCUT2D eigenvalue weighted by atomic mass is 16.5. The van der Waals surface area contributed by atoms with Crippen LogP contribution in [0.3, 0.4) is 0 Å². The van der Waals surface area contributed by atoms with Gasteiger partial charge in [0.05, 0.1) is 25.2 Å². The fraction of sp³-hybridized carbons (Fsp3) is 0.763. The minimum atomic E-state index is -0.800. The molecule has 6 heteroatoms. The lowest BCUT2D eigenvalue weighted by atomic mass is 10.0. The van der Waals surface area contributed by atoms with Crippen LogP contribution >= 0.6 is 0 Å². The summed E-state index contributed by atoms with van der Waals surface area (Å²) in [5, 5.41) is 23.8. The molecule has 0 aromatic carbocycles. The number of hydrogen-bond donors (Lipinski definition) is 3. The lowest BCUT2D eigenvalue weighted by Crippen LogP contribution is -2.46.